The molecule has 0 saturated heterocycles. The summed E-state index contributed by atoms with van der Waals surface area (Å²) in [6, 6.07) is 18.4. The first-order valence-electron chi connectivity index (χ1n) is 11.4. The molecule has 0 fully saturated rings. The molecule has 174 valence electrons. The van der Waals surface area contributed by atoms with E-state index in [4.69, 9.17) is 9.15 Å². The molecule has 0 spiro atoms. The number of rotatable bonds is 8. The van der Waals surface area contributed by atoms with E-state index in [2.05, 4.69) is 5.32 Å². The molecule has 3 aromatic carbocycles. The number of benzene rings is 3. The number of aryl methyl sites for hydroxylation is 1. The predicted molar refractivity (Wildman–Crippen MR) is 134 cm³/mol. The smallest absolute Gasteiger partial charge is 0.244 e. The molecule has 1 aromatic heterocycles. The number of carbonyl (C=O) groups excluding carboxylic acids is 1. The van der Waals surface area contributed by atoms with Crippen molar-refractivity contribution in [3.05, 3.63) is 95.5 Å². The molecule has 1 amide bonds. The highest BCUT2D eigenvalue weighted by Crippen LogP contribution is 2.40. The lowest BCUT2D eigenvalue weighted by molar-refractivity contribution is -0.116. The molecule has 0 atom stereocenters. The van der Waals surface area contributed by atoms with Crippen molar-refractivity contribution in [3.8, 4) is 16.9 Å². The van der Waals surface area contributed by atoms with Crippen LogP contribution in [0.15, 0.2) is 77.4 Å². The summed E-state index contributed by atoms with van der Waals surface area (Å²) in [4.78, 5) is 12.6. The zero-order valence-corrected chi connectivity index (χ0v) is 19.7. The number of hydrogen-bond acceptors (Lipinski definition) is 3. The second kappa shape index (κ2) is 10.4. The van der Waals surface area contributed by atoms with Gasteiger partial charge in [-0.25, -0.2) is 4.39 Å². The lowest BCUT2D eigenvalue weighted by Crippen LogP contribution is -2.23. The van der Waals surface area contributed by atoms with Crippen LogP contribution in [0.25, 0.3) is 27.7 Å². The van der Waals surface area contributed by atoms with Crippen LogP contribution in [0.5, 0.6) is 5.75 Å². The van der Waals surface area contributed by atoms with E-state index in [1.165, 1.54) is 12.1 Å². The van der Waals surface area contributed by atoms with E-state index in [1.807, 2.05) is 57.2 Å². The molecule has 0 aliphatic heterocycles. The fourth-order valence-electron chi connectivity index (χ4n) is 4.09. The number of allylic oxidation sites excluding steroid dienone is 1. The zero-order valence-electron chi connectivity index (χ0n) is 19.7. The Morgan fingerprint density at radius 3 is 2.56 bits per heavy atom. The number of halogens is 1. The summed E-state index contributed by atoms with van der Waals surface area (Å²) < 4.78 is 25.0. The van der Waals surface area contributed by atoms with Gasteiger partial charge in [-0.2, -0.15) is 0 Å². The minimum absolute atomic E-state index is 0.185. The number of amides is 1. The maximum atomic E-state index is 13.1. The summed E-state index contributed by atoms with van der Waals surface area (Å²) in [6.45, 7) is 6.79. The third-order valence-corrected chi connectivity index (χ3v) is 5.82. The molecule has 0 unspecified atom stereocenters. The fourth-order valence-corrected chi connectivity index (χ4v) is 4.09. The van der Waals surface area contributed by atoms with Gasteiger partial charge in [-0.05, 0) is 62.1 Å². The maximum Gasteiger partial charge on any atom is 0.244 e. The van der Waals surface area contributed by atoms with E-state index < -0.39 is 0 Å². The molecule has 34 heavy (non-hydrogen) atoms. The van der Waals surface area contributed by atoms with Crippen molar-refractivity contribution in [1.29, 1.82) is 0 Å². The van der Waals surface area contributed by atoms with Gasteiger partial charge in [0.1, 0.15) is 17.1 Å². The first-order chi connectivity index (χ1) is 16.5. The van der Waals surface area contributed by atoms with Crippen molar-refractivity contribution >= 4 is 22.4 Å². The Morgan fingerprint density at radius 1 is 1.12 bits per heavy atom. The van der Waals surface area contributed by atoms with Crippen molar-refractivity contribution in [2.45, 2.75) is 27.2 Å². The van der Waals surface area contributed by atoms with Crippen LogP contribution in [0.3, 0.4) is 0 Å². The molecule has 0 bridgehead atoms. The van der Waals surface area contributed by atoms with E-state index >= 15 is 0 Å². The minimum Gasteiger partial charge on any atom is -0.493 e. The van der Waals surface area contributed by atoms with E-state index in [0.29, 0.717) is 19.6 Å². The predicted octanol–water partition coefficient (Wildman–Crippen LogP) is 6.71. The molecule has 1 N–H and O–H groups in total. The highest BCUT2D eigenvalue weighted by Gasteiger charge is 2.19. The number of ether oxygens (including phenoxy) is 1. The summed E-state index contributed by atoms with van der Waals surface area (Å²) in [6.07, 6.45) is 3.99. The lowest BCUT2D eigenvalue weighted by atomic mass is 9.96. The van der Waals surface area contributed by atoms with Gasteiger partial charge in [-0.15, -0.1) is 0 Å². The molecule has 5 heteroatoms. The molecule has 1 heterocycles. The molecule has 4 nitrogen and oxygen atoms in total. The summed E-state index contributed by atoms with van der Waals surface area (Å²) in [5.41, 5.74) is 6.38. The van der Waals surface area contributed by atoms with Gasteiger partial charge in [0.2, 0.25) is 5.91 Å². The van der Waals surface area contributed by atoms with Crippen molar-refractivity contribution in [3.63, 3.8) is 0 Å². The second-order valence-corrected chi connectivity index (χ2v) is 8.20. The van der Waals surface area contributed by atoms with E-state index in [0.717, 1.165) is 50.1 Å². The Bertz CT molecular complexity index is 1320. The van der Waals surface area contributed by atoms with E-state index in [-0.39, 0.29) is 11.7 Å². The third kappa shape index (κ3) is 5.04. The van der Waals surface area contributed by atoms with Gasteiger partial charge in [-0.3, -0.25) is 4.79 Å². The highest BCUT2D eigenvalue weighted by atomic mass is 19.1. The molecule has 0 saturated carbocycles. The fraction of sp³-hybridized carbons (Fsp3) is 0.207. The van der Waals surface area contributed by atoms with Gasteiger partial charge in [0.15, 0.2) is 0 Å². The Kier molecular flexibility index (Phi) is 7.12. The Balaban J connectivity index is 1.61. The van der Waals surface area contributed by atoms with Crippen LogP contribution in [0.2, 0.25) is 0 Å². The van der Waals surface area contributed by atoms with Crippen molar-refractivity contribution in [2.24, 2.45) is 0 Å². The number of hydrogen-bond donors (Lipinski definition) is 1. The standard InChI is InChI=1S/C29H28FNO3/c1-4-33-28-20(3)29-25(26(18-34-29)22-8-6-5-7-9-22)17-24(28)19(2)16-27(32)31-15-14-21-10-12-23(30)13-11-21/h5-13,16-18H,4,14-15H2,1-3H3,(H,31,32)/b19-16+. The van der Waals surface area contributed by atoms with Crippen LogP contribution in [0, 0.1) is 12.7 Å². The molecule has 4 rings (SSSR count). The molecular formula is C29H28FNO3. The molecule has 0 aliphatic carbocycles. The SMILES string of the molecule is CCOc1c(/C(C)=C/C(=O)NCCc2ccc(F)cc2)cc2c(-c3ccccc3)coc2c1C. The van der Waals surface area contributed by atoms with Crippen LogP contribution in [0.1, 0.15) is 30.5 Å². The molecule has 0 aliphatic rings. The van der Waals surface area contributed by atoms with Gasteiger partial charge in [0.05, 0.1) is 12.9 Å². The normalized spacial score (nSPS) is 11.6. The quantitative estimate of drug-likeness (QED) is 0.299. The van der Waals surface area contributed by atoms with Crippen molar-refractivity contribution in [1.82, 2.24) is 5.32 Å². The van der Waals surface area contributed by atoms with Crippen LogP contribution >= 0.6 is 0 Å². The Hall–Kier alpha value is -3.86. The largest absolute Gasteiger partial charge is 0.493 e. The summed E-state index contributed by atoms with van der Waals surface area (Å²) in [5.74, 6) is 0.267. The molecular weight excluding hydrogens is 429 g/mol. The van der Waals surface area contributed by atoms with Crippen molar-refractivity contribution < 1.29 is 18.3 Å². The van der Waals surface area contributed by atoms with Crippen LogP contribution in [-0.2, 0) is 11.2 Å². The van der Waals surface area contributed by atoms with Gasteiger partial charge < -0.3 is 14.5 Å². The highest BCUT2D eigenvalue weighted by molar-refractivity contribution is 6.01. The molecule has 4 aromatic rings. The van der Waals surface area contributed by atoms with E-state index in [1.54, 1.807) is 24.5 Å². The average Bonchev–Trinajstić information content (AvgIpc) is 3.27. The summed E-state index contributed by atoms with van der Waals surface area (Å²) >= 11 is 0. The van der Waals surface area contributed by atoms with Crippen molar-refractivity contribution in [2.75, 3.05) is 13.2 Å². The summed E-state index contributed by atoms with van der Waals surface area (Å²) in [7, 11) is 0. The van der Waals surface area contributed by atoms with Crippen LogP contribution < -0.4 is 10.1 Å². The Morgan fingerprint density at radius 2 is 1.85 bits per heavy atom. The average molecular weight is 458 g/mol. The van der Waals surface area contributed by atoms with Crippen LogP contribution in [0.4, 0.5) is 4.39 Å². The number of furan rings is 1. The first kappa shape index (κ1) is 23.3. The van der Waals surface area contributed by atoms with Gasteiger partial charge in [-0.1, -0.05) is 42.5 Å². The maximum absolute atomic E-state index is 13.1. The van der Waals surface area contributed by atoms with Gasteiger partial charge in [0.25, 0.3) is 0 Å². The topological polar surface area (TPSA) is 51.5 Å². The summed E-state index contributed by atoms with van der Waals surface area (Å²) in [5, 5.41) is 3.89. The Labute approximate surface area is 199 Å². The second-order valence-electron chi connectivity index (χ2n) is 8.20. The van der Waals surface area contributed by atoms with Crippen LogP contribution in [-0.4, -0.2) is 19.1 Å². The minimum atomic E-state index is -0.267. The van der Waals surface area contributed by atoms with Gasteiger partial charge in [0, 0.05) is 34.7 Å². The number of nitrogens with one attached hydrogen (secondary N) is 1. The number of carbonyl (C=O) groups is 1. The third-order valence-electron chi connectivity index (χ3n) is 5.82. The van der Waals surface area contributed by atoms with Gasteiger partial charge >= 0.3 is 0 Å². The van der Waals surface area contributed by atoms with E-state index in [9.17, 15) is 9.18 Å². The lowest BCUT2D eigenvalue weighted by Gasteiger charge is -2.15. The first-order valence-corrected chi connectivity index (χ1v) is 11.4. The zero-order chi connectivity index (χ0) is 24.1. The number of fused-ring (bicyclic) bond motifs is 1. The monoisotopic (exact) mass is 457 g/mol. The molecule has 0 radical (unpaired) electrons.